The van der Waals surface area contributed by atoms with Gasteiger partial charge in [-0.1, -0.05) is 12.5 Å². The third kappa shape index (κ3) is 2.93. The van der Waals surface area contributed by atoms with Gasteiger partial charge in [0.1, 0.15) is 11.3 Å². The number of fused-ring (bicyclic) bond motifs is 1. The van der Waals surface area contributed by atoms with Gasteiger partial charge in [-0.05, 0) is 57.3 Å². The maximum atomic E-state index is 12.8. The Labute approximate surface area is 143 Å². The van der Waals surface area contributed by atoms with Gasteiger partial charge in [0, 0.05) is 31.5 Å². The van der Waals surface area contributed by atoms with Crippen LogP contribution in [0.15, 0.2) is 24.5 Å². The zero-order valence-electron chi connectivity index (χ0n) is 14.4. The number of rotatable bonds is 2. The second-order valence-corrected chi connectivity index (χ2v) is 7.17. The minimum absolute atomic E-state index is 0.0789. The van der Waals surface area contributed by atoms with E-state index < -0.39 is 0 Å². The summed E-state index contributed by atoms with van der Waals surface area (Å²) in [5.41, 5.74) is 2.55. The molecule has 0 saturated carbocycles. The lowest BCUT2D eigenvalue weighted by Crippen LogP contribution is -2.48. The standard InChI is InChI=1S/C19H26N4O/c1-15-6-5-11-23-14-17(20-18(15)23)19(24)22-12-7-16(8-13-22)21-9-3-2-4-10-21/h5-6,11,14,16H,2-4,7-10,12-13H2,1H3. The molecule has 0 spiro atoms. The molecule has 0 unspecified atom stereocenters. The van der Waals surface area contributed by atoms with Gasteiger partial charge in [-0.25, -0.2) is 4.98 Å². The van der Waals surface area contributed by atoms with Crippen molar-refractivity contribution < 1.29 is 4.79 Å². The largest absolute Gasteiger partial charge is 0.337 e. The Morgan fingerprint density at radius 1 is 1.12 bits per heavy atom. The first-order chi connectivity index (χ1) is 11.7. The molecule has 0 atom stereocenters. The Bertz CT molecular complexity index is 724. The minimum Gasteiger partial charge on any atom is -0.337 e. The van der Waals surface area contributed by atoms with Crippen LogP contribution < -0.4 is 0 Å². The van der Waals surface area contributed by atoms with Gasteiger partial charge in [-0.2, -0.15) is 0 Å². The van der Waals surface area contributed by atoms with Crippen molar-refractivity contribution in [3.05, 3.63) is 35.8 Å². The van der Waals surface area contributed by atoms with Crippen LogP contribution in [0.5, 0.6) is 0 Å². The zero-order valence-corrected chi connectivity index (χ0v) is 14.4. The molecule has 0 bridgehead atoms. The van der Waals surface area contributed by atoms with E-state index in [1.165, 1.54) is 32.4 Å². The number of likely N-dealkylation sites (tertiary alicyclic amines) is 2. The lowest BCUT2D eigenvalue weighted by molar-refractivity contribution is 0.0585. The SMILES string of the molecule is Cc1cccn2cc(C(=O)N3CCC(N4CCCCC4)CC3)nc12. The van der Waals surface area contributed by atoms with Gasteiger partial charge < -0.3 is 14.2 Å². The minimum atomic E-state index is 0.0789. The van der Waals surface area contributed by atoms with E-state index in [1.54, 1.807) is 0 Å². The Morgan fingerprint density at radius 3 is 2.58 bits per heavy atom. The van der Waals surface area contributed by atoms with Gasteiger partial charge in [0.2, 0.25) is 0 Å². The highest BCUT2D eigenvalue weighted by Crippen LogP contribution is 2.22. The number of hydrogen-bond donors (Lipinski definition) is 0. The number of carbonyl (C=O) groups is 1. The molecule has 2 aromatic rings. The molecule has 4 rings (SSSR count). The van der Waals surface area contributed by atoms with Crippen LogP contribution in [-0.2, 0) is 0 Å². The molecular weight excluding hydrogens is 300 g/mol. The second-order valence-electron chi connectivity index (χ2n) is 7.17. The van der Waals surface area contributed by atoms with Crippen LogP contribution >= 0.6 is 0 Å². The van der Waals surface area contributed by atoms with Crippen molar-refractivity contribution in [2.24, 2.45) is 0 Å². The van der Waals surface area contributed by atoms with Crippen molar-refractivity contribution in [2.75, 3.05) is 26.2 Å². The van der Waals surface area contributed by atoms with Crippen LogP contribution in [0.25, 0.3) is 5.65 Å². The first kappa shape index (κ1) is 15.6. The first-order valence-corrected chi connectivity index (χ1v) is 9.20. The van der Waals surface area contributed by atoms with Gasteiger partial charge in [-0.15, -0.1) is 0 Å². The molecule has 0 aromatic carbocycles. The third-order valence-corrected chi connectivity index (χ3v) is 5.56. The quantitative estimate of drug-likeness (QED) is 0.852. The van der Waals surface area contributed by atoms with Crippen LogP contribution in [0.4, 0.5) is 0 Å². The van der Waals surface area contributed by atoms with Crippen molar-refractivity contribution in [3.63, 3.8) is 0 Å². The Kier molecular flexibility index (Phi) is 4.27. The fourth-order valence-electron chi connectivity index (χ4n) is 4.14. The lowest BCUT2D eigenvalue weighted by atomic mass is 10.00. The highest BCUT2D eigenvalue weighted by atomic mass is 16.2. The number of aryl methyl sites for hydroxylation is 1. The highest BCUT2D eigenvalue weighted by molar-refractivity contribution is 5.93. The molecule has 2 aromatic heterocycles. The maximum absolute atomic E-state index is 12.8. The molecule has 5 heteroatoms. The van der Waals surface area contributed by atoms with Crippen molar-refractivity contribution in [2.45, 2.75) is 45.1 Å². The van der Waals surface area contributed by atoms with Gasteiger partial charge in [0.05, 0.1) is 0 Å². The Balaban J connectivity index is 1.42. The molecule has 1 amide bonds. The number of imidazole rings is 1. The summed E-state index contributed by atoms with van der Waals surface area (Å²) in [5, 5.41) is 0. The summed E-state index contributed by atoms with van der Waals surface area (Å²) in [7, 11) is 0. The molecular formula is C19H26N4O. The molecule has 0 radical (unpaired) electrons. The summed E-state index contributed by atoms with van der Waals surface area (Å²) in [6, 6.07) is 4.68. The molecule has 2 saturated heterocycles. The predicted molar refractivity (Wildman–Crippen MR) is 94.3 cm³/mol. The number of hydrogen-bond acceptors (Lipinski definition) is 3. The second kappa shape index (κ2) is 6.55. The third-order valence-electron chi connectivity index (χ3n) is 5.56. The van der Waals surface area contributed by atoms with E-state index in [-0.39, 0.29) is 5.91 Å². The van der Waals surface area contributed by atoms with Crippen molar-refractivity contribution in [3.8, 4) is 0 Å². The predicted octanol–water partition coefficient (Wildman–Crippen LogP) is 2.73. The monoisotopic (exact) mass is 326 g/mol. The van der Waals surface area contributed by atoms with Crippen LogP contribution in [0.1, 0.15) is 48.2 Å². The lowest BCUT2D eigenvalue weighted by Gasteiger charge is -2.40. The van der Waals surface area contributed by atoms with Gasteiger partial charge in [0.25, 0.3) is 5.91 Å². The number of piperidine rings is 2. The highest BCUT2D eigenvalue weighted by Gasteiger charge is 2.28. The Hall–Kier alpha value is -1.88. The van der Waals surface area contributed by atoms with E-state index in [9.17, 15) is 4.79 Å². The van der Waals surface area contributed by atoms with E-state index in [4.69, 9.17) is 0 Å². The summed E-state index contributed by atoms with van der Waals surface area (Å²) in [5.74, 6) is 0.0789. The summed E-state index contributed by atoms with van der Waals surface area (Å²) < 4.78 is 1.95. The number of amides is 1. The number of nitrogens with zero attached hydrogens (tertiary/aromatic N) is 4. The van der Waals surface area contributed by atoms with E-state index in [1.807, 2.05) is 40.8 Å². The maximum Gasteiger partial charge on any atom is 0.274 e. The van der Waals surface area contributed by atoms with E-state index >= 15 is 0 Å². The van der Waals surface area contributed by atoms with E-state index in [2.05, 4.69) is 9.88 Å². The van der Waals surface area contributed by atoms with Crippen molar-refractivity contribution in [1.29, 1.82) is 0 Å². The van der Waals surface area contributed by atoms with Gasteiger partial charge >= 0.3 is 0 Å². The molecule has 5 nitrogen and oxygen atoms in total. The van der Waals surface area contributed by atoms with Crippen LogP contribution in [0, 0.1) is 6.92 Å². The summed E-state index contributed by atoms with van der Waals surface area (Å²) in [4.78, 5) is 22.0. The zero-order chi connectivity index (χ0) is 16.5. The van der Waals surface area contributed by atoms with Crippen molar-refractivity contribution in [1.82, 2.24) is 19.2 Å². The fraction of sp³-hybridized carbons (Fsp3) is 0.579. The molecule has 0 N–H and O–H groups in total. The van der Waals surface area contributed by atoms with Gasteiger partial charge in [0.15, 0.2) is 0 Å². The Morgan fingerprint density at radius 2 is 1.88 bits per heavy atom. The van der Waals surface area contributed by atoms with Crippen molar-refractivity contribution >= 4 is 11.6 Å². The molecule has 128 valence electrons. The number of pyridine rings is 1. The van der Waals surface area contributed by atoms with Gasteiger partial charge in [-0.3, -0.25) is 4.79 Å². The topological polar surface area (TPSA) is 40.9 Å². The van der Waals surface area contributed by atoms with E-state index in [0.717, 1.165) is 37.1 Å². The molecule has 4 heterocycles. The molecule has 2 aliphatic rings. The molecule has 2 aliphatic heterocycles. The summed E-state index contributed by atoms with van der Waals surface area (Å²) in [6.07, 6.45) is 10.0. The summed E-state index contributed by atoms with van der Waals surface area (Å²) in [6.45, 7) is 6.22. The smallest absolute Gasteiger partial charge is 0.274 e. The molecule has 2 fully saturated rings. The fourth-order valence-corrected chi connectivity index (χ4v) is 4.14. The van der Waals surface area contributed by atoms with E-state index in [0.29, 0.717) is 11.7 Å². The number of aromatic nitrogens is 2. The molecule has 24 heavy (non-hydrogen) atoms. The summed E-state index contributed by atoms with van der Waals surface area (Å²) >= 11 is 0. The first-order valence-electron chi connectivity index (χ1n) is 9.20. The normalized spacial score (nSPS) is 20.6. The average molecular weight is 326 g/mol. The van der Waals surface area contributed by atoms with Crippen LogP contribution in [-0.4, -0.2) is 57.3 Å². The number of carbonyl (C=O) groups excluding carboxylic acids is 1. The van der Waals surface area contributed by atoms with Crippen LogP contribution in [0.3, 0.4) is 0 Å². The van der Waals surface area contributed by atoms with Crippen LogP contribution in [0.2, 0.25) is 0 Å². The molecule has 0 aliphatic carbocycles. The average Bonchev–Trinajstić information content (AvgIpc) is 3.08.